The van der Waals surface area contributed by atoms with Crippen molar-refractivity contribution in [1.29, 1.82) is 0 Å². The molecule has 2 aromatic rings. The molecule has 1 N–H and O–H groups in total. The SMILES string of the molecule is Cc1noc(/C=C/c2ccccc2F)c1S(=O)(=O)N1CCC[C@H](C(=O)NC2CC2)C1. The summed E-state index contributed by atoms with van der Waals surface area (Å²) in [7, 11) is -3.92. The number of carbonyl (C=O) groups is 1. The number of hydrogen-bond donors (Lipinski definition) is 1. The summed E-state index contributed by atoms with van der Waals surface area (Å²) < 4.78 is 47.1. The van der Waals surface area contributed by atoms with Crippen LogP contribution < -0.4 is 5.32 Å². The van der Waals surface area contributed by atoms with Gasteiger partial charge in [0.15, 0.2) is 10.7 Å². The van der Waals surface area contributed by atoms with Crippen molar-refractivity contribution in [2.75, 3.05) is 13.1 Å². The lowest BCUT2D eigenvalue weighted by Gasteiger charge is -2.31. The van der Waals surface area contributed by atoms with Crippen molar-refractivity contribution in [1.82, 2.24) is 14.8 Å². The number of carbonyl (C=O) groups excluding carboxylic acids is 1. The highest BCUT2D eigenvalue weighted by molar-refractivity contribution is 7.89. The summed E-state index contributed by atoms with van der Waals surface area (Å²) in [5.74, 6) is -0.832. The van der Waals surface area contributed by atoms with Gasteiger partial charge in [0.2, 0.25) is 15.9 Å². The van der Waals surface area contributed by atoms with E-state index >= 15 is 0 Å². The van der Waals surface area contributed by atoms with Gasteiger partial charge in [-0.15, -0.1) is 0 Å². The highest BCUT2D eigenvalue weighted by Gasteiger charge is 2.37. The third kappa shape index (κ3) is 4.32. The minimum Gasteiger partial charge on any atom is -0.355 e. The second-order valence-corrected chi connectivity index (χ2v) is 9.68. The van der Waals surface area contributed by atoms with E-state index in [2.05, 4.69) is 10.5 Å². The third-order valence-corrected chi connectivity index (χ3v) is 7.45. The maximum absolute atomic E-state index is 13.9. The van der Waals surface area contributed by atoms with Crippen LogP contribution in [0, 0.1) is 18.7 Å². The Bertz CT molecular complexity index is 1080. The zero-order valence-electron chi connectivity index (χ0n) is 16.7. The number of rotatable bonds is 6. The molecule has 1 saturated carbocycles. The molecule has 160 valence electrons. The van der Waals surface area contributed by atoms with Gasteiger partial charge in [-0.05, 0) is 50.8 Å². The molecule has 7 nitrogen and oxygen atoms in total. The van der Waals surface area contributed by atoms with Gasteiger partial charge in [-0.3, -0.25) is 4.79 Å². The summed E-state index contributed by atoms with van der Waals surface area (Å²) in [5, 5.41) is 6.77. The van der Waals surface area contributed by atoms with Crippen LogP contribution in [-0.2, 0) is 14.8 Å². The molecule has 0 spiro atoms. The second-order valence-electron chi connectivity index (χ2n) is 7.80. The van der Waals surface area contributed by atoms with Crippen LogP contribution in [0.5, 0.6) is 0 Å². The lowest BCUT2D eigenvalue weighted by atomic mass is 9.99. The molecule has 1 saturated heterocycles. The quantitative estimate of drug-likeness (QED) is 0.756. The molecule has 0 bridgehead atoms. The van der Waals surface area contributed by atoms with Crippen LogP contribution in [-0.4, -0.2) is 42.9 Å². The van der Waals surface area contributed by atoms with E-state index in [4.69, 9.17) is 4.52 Å². The fourth-order valence-corrected chi connectivity index (χ4v) is 5.40. The molecule has 1 amide bonds. The van der Waals surface area contributed by atoms with E-state index in [1.807, 2.05) is 0 Å². The number of aromatic nitrogens is 1. The second kappa shape index (κ2) is 8.31. The summed E-state index contributed by atoms with van der Waals surface area (Å²) in [4.78, 5) is 12.4. The summed E-state index contributed by atoms with van der Waals surface area (Å²) >= 11 is 0. The Hall–Kier alpha value is -2.52. The van der Waals surface area contributed by atoms with E-state index in [0.29, 0.717) is 24.9 Å². The van der Waals surface area contributed by atoms with Crippen LogP contribution in [0.4, 0.5) is 4.39 Å². The van der Waals surface area contributed by atoms with Crippen molar-refractivity contribution in [2.24, 2.45) is 5.92 Å². The molecule has 9 heteroatoms. The minimum absolute atomic E-state index is 0.0420. The monoisotopic (exact) mass is 433 g/mol. The number of piperidine rings is 1. The van der Waals surface area contributed by atoms with Gasteiger partial charge >= 0.3 is 0 Å². The van der Waals surface area contributed by atoms with Gasteiger partial charge in [0.25, 0.3) is 0 Å². The van der Waals surface area contributed by atoms with Gasteiger partial charge in [-0.2, -0.15) is 4.31 Å². The summed E-state index contributed by atoms with van der Waals surface area (Å²) in [6.45, 7) is 2.01. The van der Waals surface area contributed by atoms with E-state index in [0.717, 1.165) is 12.8 Å². The number of amides is 1. The Morgan fingerprint density at radius 1 is 1.27 bits per heavy atom. The average molecular weight is 434 g/mol. The summed E-state index contributed by atoms with van der Waals surface area (Å²) in [6.07, 6.45) is 6.10. The first kappa shape index (κ1) is 20.7. The molecule has 1 aromatic heterocycles. The molecule has 0 unspecified atom stereocenters. The topological polar surface area (TPSA) is 92.5 Å². The normalized spacial score (nSPS) is 20.5. The van der Waals surface area contributed by atoms with E-state index in [1.165, 1.54) is 22.5 Å². The number of aryl methyl sites for hydroxylation is 1. The number of benzene rings is 1. The van der Waals surface area contributed by atoms with Gasteiger partial charge in [-0.25, -0.2) is 12.8 Å². The zero-order valence-corrected chi connectivity index (χ0v) is 17.5. The fraction of sp³-hybridized carbons (Fsp3) is 0.429. The first-order valence-corrected chi connectivity index (χ1v) is 11.5. The molecule has 1 aliphatic carbocycles. The first-order chi connectivity index (χ1) is 14.4. The molecule has 1 atom stereocenters. The molecule has 2 heterocycles. The largest absolute Gasteiger partial charge is 0.355 e. The van der Waals surface area contributed by atoms with Gasteiger partial charge < -0.3 is 9.84 Å². The highest BCUT2D eigenvalue weighted by atomic mass is 32.2. The van der Waals surface area contributed by atoms with Crippen LogP contribution in [0.1, 0.15) is 42.7 Å². The van der Waals surface area contributed by atoms with Gasteiger partial charge in [0, 0.05) is 24.7 Å². The molecule has 0 radical (unpaired) electrons. The molecular weight excluding hydrogens is 409 g/mol. The number of nitrogens with one attached hydrogen (secondary N) is 1. The first-order valence-electron chi connectivity index (χ1n) is 10.1. The smallest absolute Gasteiger partial charge is 0.248 e. The van der Waals surface area contributed by atoms with E-state index < -0.39 is 15.8 Å². The number of hydrogen-bond acceptors (Lipinski definition) is 5. The standard InChI is InChI=1S/C21H24FN3O4S/c1-14-20(19(29-24-14)11-8-15-5-2-3-7-18(15)22)30(27,28)25-12-4-6-16(13-25)21(26)23-17-9-10-17/h2-3,5,7-8,11,16-17H,4,6,9-10,12-13H2,1H3,(H,23,26)/b11-8+/t16-/m0/s1. The Morgan fingerprint density at radius 2 is 2.03 bits per heavy atom. The third-order valence-electron chi connectivity index (χ3n) is 5.43. The van der Waals surface area contributed by atoms with Crippen molar-refractivity contribution >= 4 is 28.1 Å². The Labute approximate surface area is 175 Å². The van der Waals surface area contributed by atoms with Crippen LogP contribution in [0.15, 0.2) is 33.7 Å². The van der Waals surface area contributed by atoms with E-state index in [9.17, 15) is 17.6 Å². The van der Waals surface area contributed by atoms with Gasteiger partial charge in [0.1, 0.15) is 11.5 Å². The van der Waals surface area contributed by atoms with Crippen molar-refractivity contribution in [3.63, 3.8) is 0 Å². The molecule has 4 rings (SSSR count). The number of halogens is 1. The van der Waals surface area contributed by atoms with Crippen molar-refractivity contribution < 1.29 is 22.1 Å². The average Bonchev–Trinajstić information content (AvgIpc) is 3.46. The van der Waals surface area contributed by atoms with Crippen molar-refractivity contribution in [3.8, 4) is 0 Å². The molecule has 2 aliphatic rings. The van der Waals surface area contributed by atoms with Crippen LogP contribution in [0.3, 0.4) is 0 Å². The zero-order chi connectivity index (χ0) is 21.3. The van der Waals surface area contributed by atoms with Gasteiger partial charge in [0.05, 0.1) is 5.92 Å². The Balaban J connectivity index is 1.57. The fourth-order valence-electron chi connectivity index (χ4n) is 3.63. The maximum Gasteiger partial charge on any atom is 0.248 e. The lowest BCUT2D eigenvalue weighted by molar-refractivity contribution is -0.126. The van der Waals surface area contributed by atoms with E-state index in [1.54, 1.807) is 25.1 Å². The van der Waals surface area contributed by atoms with Crippen LogP contribution in [0.2, 0.25) is 0 Å². The molecule has 1 aromatic carbocycles. The molecule has 2 fully saturated rings. The molecule has 30 heavy (non-hydrogen) atoms. The predicted octanol–water partition coefficient (Wildman–Crippen LogP) is 2.97. The van der Waals surface area contributed by atoms with Gasteiger partial charge in [-0.1, -0.05) is 23.4 Å². The summed E-state index contributed by atoms with van der Waals surface area (Å²) in [6, 6.07) is 6.40. The lowest BCUT2D eigenvalue weighted by Crippen LogP contribution is -2.46. The Kier molecular flexibility index (Phi) is 5.75. The highest BCUT2D eigenvalue weighted by Crippen LogP contribution is 2.30. The predicted molar refractivity (Wildman–Crippen MR) is 109 cm³/mol. The summed E-state index contributed by atoms with van der Waals surface area (Å²) in [5.41, 5.74) is 0.539. The van der Waals surface area contributed by atoms with E-state index in [-0.39, 0.29) is 40.8 Å². The number of nitrogens with zero attached hydrogens (tertiary/aromatic N) is 2. The van der Waals surface area contributed by atoms with Crippen LogP contribution >= 0.6 is 0 Å². The maximum atomic E-state index is 13.9. The molecule has 1 aliphatic heterocycles. The molecular formula is C21H24FN3O4S. The van der Waals surface area contributed by atoms with Crippen LogP contribution in [0.25, 0.3) is 12.2 Å². The van der Waals surface area contributed by atoms with Crippen molar-refractivity contribution in [3.05, 3.63) is 47.1 Å². The van der Waals surface area contributed by atoms with Crippen molar-refractivity contribution in [2.45, 2.75) is 43.5 Å². The number of sulfonamides is 1. The Morgan fingerprint density at radius 3 is 2.77 bits per heavy atom. The minimum atomic E-state index is -3.92.